The third-order valence-corrected chi connectivity index (χ3v) is 4.31. The van der Waals surface area contributed by atoms with Crippen LogP contribution in [0.1, 0.15) is 26.2 Å². The van der Waals surface area contributed by atoms with Gasteiger partial charge in [-0.2, -0.15) is 4.72 Å². The van der Waals surface area contributed by atoms with Crippen molar-refractivity contribution in [1.29, 1.82) is 0 Å². The first kappa shape index (κ1) is 15.9. The number of halogens is 1. The molecule has 1 aromatic carbocycles. The monoisotopic (exact) mass is 305 g/mol. The molecule has 0 radical (unpaired) electrons. The van der Waals surface area contributed by atoms with Crippen LogP contribution in [0.2, 0.25) is 5.02 Å². The van der Waals surface area contributed by atoms with Crippen LogP contribution in [0.3, 0.4) is 0 Å². The molecule has 5 nitrogen and oxygen atoms in total. The highest BCUT2D eigenvalue weighted by atomic mass is 35.5. The molecule has 7 heteroatoms. The van der Waals surface area contributed by atoms with Gasteiger partial charge in [-0.1, -0.05) is 31.4 Å². The maximum absolute atomic E-state index is 12.0. The van der Waals surface area contributed by atoms with Crippen molar-refractivity contribution in [3.05, 3.63) is 29.3 Å². The van der Waals surface area contributed by atoms with Crippen molar-refractivity contribution in [2.75, 3.05) is 0 Å². The molecule has 0 fully saturated rings. The Labute approximate surface area is 117 Å². The van der Waals surface area contributed by atoms with Crippen molar-refractivity contribution in [2.45, 2.75) is 37.1 Å². The molecular weight excluding hydrogens is 290 g/mol. The molecule has 1 aromatic rings. The van der Waals surface area contributed by atoms with E-state index in [0.717, 1.165) is 6.42 Å². The fraction of sp³-hybridized carbons (Fsp3) is 0.417. The zero-order valence-electron chi connectivity index (χ0n) is 10.5. The van der Waals surface area contributed by atoms with Crippen LogP contribution in [0.25, 0.3) is 0 Å². The van der Waals surface area contributed by atoms with Crippen LogP contribution in [0, 0.1) is 0 Å². The summed E-state index contributed by atoms with van der Waals surface area (Å²) in [5, 5.41) is 9.42. The molecule has 1 atom stereocenters. The van der Waals surface area contributed by atoms with E-state index in [2.05, 4.69) is 4.72 Å². The lowest BCUT2D eigenvalue weighted by Crippen LogP contribution is -2.40. The third kappa shape index (κ3) is 4.81. The van der Waals surface area contributed by atoms with Gasteiger partial charge in [0.1, 0.15) is 6.04 Å². The number of benzene rings is 1. The molecule has 0 bridgehead atoms. The van der Waals surface area contributed by atoms with E-state index < -0.39 is 22.0 Å². The average Bonchev–Trinajstić information content (AvgIpc) is 2.34. The second-order valence-electron chi connectivity index (χ2n) is 4.11. The molecule has 106 valence electrons. The zero-order valence-corrected chi connectivity index (χ0v) is 12.0. The van der Waals surface area contributed by atoms with E-state index in [9.17, 15) is 13.2 Å². The standard InChI is InChI=1S/C12H16ClNO4S/c1-2-3-4-11(12(15)16)14-19(17,18)10-7-5-9(13)6-8-10/h5-8,11,14H,2-4H2,1H3,(H,15,16)/t11-/m0/s1. The summed E-state index contributed by atoms with van der Waals surface area (Å²) in [4.78, 5) is 11.0. The first-order valence-electron chi connectivity index (χ1n) is 5.87. The van der Waals surface area contributed by atoms with Gasteiger partial charge in [0.05, 0.1) is 4.90 Å². The number of sulfonamides is 1. The van der Waals surface area contributed by atoms with Gasteiger partial charge >= 0.3 is 5.97 Å². The summed E-state index contributed by atoms with van der Waals surface area (Å²) in [5.41, 5.74) is 0. The summed E-state index contributed by atoms with van der Waals surface area (Å²) >= 11 is 5.68. The van der Waals surface area contributed by atoms with Crippen molar-refractivity contribution in [1.82, 2.24) is 4.72 Å². The van der Waals surface area contributed by atoms with Crippen LogP contribution >= 0.6 is 11.6 Å². The van der Waals surface area contributed by atoms with Crippen molar-refractivity contribution in [3.63, 3.8) is 0 Å². The number of unbranched alkanes of at least 4 members (excludes halogenated alkanes) is 1. The average molecular weight is 306 g/mol. The van der Waals surface area contributed by atoms with Crippen molar-refractivity contribution in [2.24, 2.45) is 0 Å². The molecule has 0 aliphatic rings. The van der Waals surface area contributed by atoms with E-state index in [1.54, 1.807) is 0 Å². The molecule has 0 heterocycles. The molecule has 1 rings (SSSR count). The molecular formula is C12H16ClNO4S. The predicted octanol–water partition coefficient (Wildman–Crippen LogP) is 2.26. The normalized spacial score (nSPS) is 13.2. The summed E-state index contributed by atoms with van der Waals surface area (Å²) in [6.45, 7) is 1.91. The van der Waals surface area contributed by atoms with Gasteiger partial charge in [-0.25, -0.2) is 8.42 Å². The summed E-state index contributed by atoms with van der Waals surface area (Å²) < 4.78 is 26.2. The second kappa shape index (κ2) is 6.88. The van der Waals surface area contributed by atoms with Gasteiger partial charge in [0.15, 0.2) is 0 Å². The highest BCUT2D eigenvalue weighted by Crippen LogP contribution is 2.15. The van der Waals surface area contributed by atoms with Gasteiger partial charge < -0.3 is 5.11 Å². The molecule has 0 spiro atoms. The van der Waals surface area contributed by atoms with Crippen LogP contribution in [-0.2, 0) is 14.8 Å². The largest absolute Gasteiger partial charge is 0.480 e. The van der Waals surface area contributed by atoms with Crippen LogP contribution in [-0.4, -0.2) is 25.5 Å². The summed E-state index contributed by atoms with van der Waals surface area (Å²) in [5.74, 6) is -1.18. The van der Waals surface area contributed by atoms with Crippen LogP contribution in [0.5, 0.6) is 0 Å². The topological polar surface area (TPSA) is 83.5 Å². The second-order valence-corrected chi connectivity index (χ2v) is 6.26. The van der Waals surface area contributed by atoms with E-state index in [1.807, 2.05) is 6.92 Å². The third-order valence-electron chi connectivity index (χ3n) is 2.57. The maximum atomic E-state index is 12.0. The zero-order chi connectivity index (χ0) is 14.5. The number of nitrogens with one attached hydrogen (secondary N) is 1. The van der Waals surface area contributed by atoms with Gasteiger partial charge in [0, 0.05) is 5.02 Å². The number of hydrogen-bond donors (Lipinski definition) is 2. The smallest absolute Gasteiger partial charge is 0.321 e. The SMILES string of the molecule is CCCC[C@H](NS(=O)(=O)c1ccc(Cl)cc1)C(=O)O. The predicted molar refractivity (Wildman–Crippen MR) is 72.7 cm³/mol. The lowest BCUT2D eigenvalue weighted by atomic mass is 10.1. The molecule has 0 unspecified atom stereocenters. The van der Waals surface area contributed by atoms with Crippen molar-refractivity contribution >= 4 is 27.6 Å². The van der Waals surface area contributed by atoms with Crippen molar-refractivity contribution < 1.29 is 18.3 Å². The van der Waals surface area contributed by atoms with Crippen molar-refractivity contribution in [3.8, 4) is 0 Å². The maximum Gasteiger partial charge on any atom is 0.321 e. The highest BCUT2D eigenvalue weighted by molar-refractivity contribution is 7.89. The highest BCUT2D eigenvalue weighted by Gasteiger charge is 2.24. The lowest BCUT2D eigenvalue weighted by molar-refractivity contribution is -0.139. The van der Waals surface area contributed by atoms with E-state index in [-0.39, 0.29) is 11.3 Å². The number of carbonyl (C=O) groups is 1. The van der Waals surface area contributed by atoms with Crippen LogP contribution < -0.4 is 4.72 Å². The van der Waals surface area contributed by atoms with E-state index in [4.69, 9.17) is 16.7 Å². The number of carboxylic acid groups (broad SMARTS) is 1. The Morgan fingerprint density at radius 1 is 1.37 bits per heavy atom. The van der Waals surface area contributed by atoms with Gasteiger partial charge in [-0.05, 0) is 30.7 Å². The van der Waals surface area contributed by atoms with Crippen LogP contribution in [0.4, 0.5) is 0 Å². The van der Waals surface area contributed by atoms with Gasteiger partial charge in [-0.3, -0.25) is 4.79 Å². The first-order valence-corrected chi connectivity index (χ1v) is 7.73. The fourth-order valence-electron chi connectivity index (χ4n) is 1.51. The van der Waals surface area contributed by atoms with Crippen LogP contribution in [0.15, 0.2) is 29.2 Å². The minimum absolute atomic E-state index is 0.000325. The molecule has 0 amide bonds. The minimum Gasteiger partial charge on any atom is -0.480 e. The van der Waals surface area contributed by atoms with Gasteiger partial charge in [0.25, 0.3) is 0 Å². The van der Waals surface area contributed by atoms with Gasteiger partial charge in [-0.15, -0.1) is 0 Å². The fourth-order valence-corrected chi connectivity index (χ4v) is 2.86. The molecule has 0 saturated heterocycles. The molecule has 0 saturated carbocycles. The summed E-state index contributed by atoms with van der Waals surface area (Å²) in [6, 6.07) is 4.45. The summed E-state index contributed by atoms with van der Waals surface area (Å²) in [6.07, 6.45) is 1.70. The molecule has 0 aromatic heterocycles. The number of carboxylic acids is 1. The van der Waals surface area contributed by atoms with E-state index in [1.165, 1.54) is 24.3 Å². The Bertz CT molecular complexity index is 527. The first-order chi connectivity index (χ1) is 8.86. The molecule has 0 aliphatic carbocycles. The molecule has 2 N–H and O–H groups in total. The lowest BCUT2D eigenvalue weighted by Gasteiger charge is -2.14. The number of hydrogen-bond acceptors (Lipinski definition) is 3. The Hall–Kier alpha value is -1.11. The van der Waals surface area contributed by atoms with E-state index in [0.29, 0.717) is 11.4 Å². The Morgan fingerprint density at radius 3 is 2.42 bits per heavy atom. The Morgan fingerprint density at radius 2 is 1.95 bits per heavy atom. The van der Waals surface area contributed by atoms with E-state index >= 15 is 0 Å². The number of aliphatic carboxylic acids is 1. The Balaban J connectivity index is 2.87. The van der Waals surface area contributed by atoms with Gasteiger partial charge in [0.2, 0.25) is 10.0 Å². The number of rotatable bonds is 7. The minimum atomic E-state index is -3.84. The molecule has 19 heavy (non-hydrogen) atoms. The molecule has 0 aliphatic heterocycles. The Kier molecular flexibility index (Phi) is 5.78. The quantitative estimate of drug-likeness (QED) is 0.809. The summed E-state index contributed by atoms with van der Waals surface area (Å²) in [7, 11) is -3.84.